The fourth-order valence-corrected chi connectivity index (χ4v) is 1.56. The minimum Gasteiger partial charge on any atom is -0.356 e. The van der Waals surface area contributed by atoms with Gasteiger partial charge in [-0.3, -0.25) is 0 Å². The molecule has 0 unspecified atom stereocenters. The van der Waals surface area contributed by atoms with Crippen LogP contribution < -0.4 is 0 Å². The van der Waals surface area contributed by atoms with Gasteiger partial charge in [0, 0.05) is 0 Å². The van der Waals surface area contributed by atoms with Gasteiger partial charge < -0.3 is 30.6 Å². The molecule has 0 aliphatic rings. The Labute approximate surface area is 136 Å². The Hall–Kier alpha value is -1.08. The average molecular weight is 350 g/mol. The summed E-state index contributed by atoms with van der Waals surface area (Å²) >= 11 is 0. The number of nitrogens with zero attached hydrogens (tertiary/aromatic N) is 2. The van der Waals surface area contributed by atoms with Gasteiger partial charge in [-0.25, -0.2) is 0 Å². The Morgan fingerprint density at radius 2 is 0.714 bits per heavy atom. The molecule has 0 amide bonds. The molecule has 0 aromatic rings. The number of hydrogen-bond donors (Lipinski definition) is 0. The first-order chi connectivity index (χ1) is 9.38. The zero-order valence-electron chi connectivity index (χ0n) is 12.8. The third-order valence-electron chi connectivity index (χ3n) is 2.46. The van der Waals surface area contributed by atoms with Crippen LogP contribution in [0.25, 0.3) is 0 Å². The van der Waals surface area contributed by atoms with E-state index in [-0.39, 0.29) is 17.1 Å². The van der Waals surface area contributed by atoms with E-state index in [1.165, 1.54) is 64.2 Å². The SMILES string of the molecule is CCCCCCCCCCCC.O=[N+]([O-])[O-].O=[N+]([O-])[O-].[Fe+2]. The van der Waals surface area contributed by atoms with Crippen molar-refractivity contribution in [2.24, 2.45) is 0 Å². The van der Waals surface area contributed by atoms with E-state index in [2.05, 4.69) is 13.8 Å². The van der Waals surface area contributed by atoms with E-state index in [1.54, 1.807) is 0 Å². The molecule has 0 aliphatic heterocycles. The van der Waals surface area contributed by atoms with Crippen molar-refractivity contribution in [1.29, 1.82) is 0 Å². The van der Waals surface area contributed by atoms with Crippen molar-refractivity contribution in [2.75, 3.05) is 0 Å². The van der Waals surface area contributed by atoms with E-state index in [0.29, 0.717) is 0 Å². The van der Waals surface area contributed by atoms with Crippen LogP contribution in [0.2, 0.25) is 0 Å². The summed E-state index contributed by atoms with van der Waals surface area (Å²) in [4.78, 5) is 16.5. The van der Waals surface area contributed by atoms with Gasteiger partial charge in [0.05, 0.1) is 10.2 Å². The minimum absolute atomic E-state index is 0. The van der Waals surface area contributed by atoms with Crippen molar-refractivity contribution in [3.63, 3.8) is 0 Å². The Bertz CT molecular complexity index is 190. The molecule has 0 radical (unpaired) electrons. The maximum absolute atomic E-state index is 8.25. The van der Waals surface area contributed by atoms with Crippen molar-refractivity contribution < 1.29 is 27.2 Å². The molecule has 0 rings (SSSR count). The van der Waals surface area contributed by atoms with Crippen LogP contribution in [-0.4, -0.2) is 10.2 Å². The maximum Gasteiger partial charge on any atom is 2.00 e. The number of unbranched alkanes of at least 4 members (excludes halogenated alkanes) is 9. The van der Waals surface area contributed by atoms with Crippen molar-refractivity contribution in [2.45, 2.75) is 78.1 Å². The minimum atomic E-state index is -1.75. The first-order valence-electron chi connectivity index (χ1n) is 7.01. The molecule has 128 valence electrons. The smallest absolute Gasteiger partial charge is 0.356 e. The topological polar surface area (TPSA) is 132 Å². The molecule has 0 saturated heterocycles. The number of rotatable bonds is 9. The van der Waals surface area contributed by atoms with Crippen LogP contribution in [-0.2, 0) is 17.1 Å². The second-order valence-corrected chi connectivity index (χ2v) is 4.28. The summed E-state index contributed by atoms with van der Waals surface area (Å²) in [6.07, 6.45) is 14.4. The third-order valence-corrected chi connectivity index (χ3v) is 2.46. The molecule has 0 aromatic heterocycles. The third kappa shape index (κ3) is 86.4. The van der Waals surface area contributed by atoms with Crippen LogP contribution in [0.15, 0.2) is 0 Å². The van der Waals surface area contributed by atoms with E-state index in [4.69, 9.17) is 30.6 Å². The van der Waals surface area contributed by atoms with Crippen molar-refractivity contribution >= 4 is 0 Å². The van der Waals surface area contributed by atoms with Gasteiger partial charge in [-0.1, -0.05) is 78.1 Å². The molecule has 0 N–H and O–H groups in total. The van der Waals surface area contributed by atoms with E-state index < -0.39 is 10.2 Å². The second kappa shape index (κ2) is 27.3. The van der Waals surface area contributed by atoms with Gasteiger partial charge in [0.1, 0.15) is 0 Å². The Balaban J connectivity index is -0.000000134. The molecule has 9 heteroatoms. The first-order valence-corrected chi connectivity index (χ1v) is 7.01. The Morgan fingerprint density at radius 1 is 0.571 bits per heavy atom. The molecule has 0 aliphatic carbocycles. The Morgan fingerprint density at radius 3 is 0.857 bits per heavy atom. The fourth-order valence-electron chi connectivity index (χ4n) is 1.56. The average Bonchev–Trinajstić information content (AvgIpc) is 2.31. The summed E-state index contributed by atoms with van der Waals surface area (Å²) in [6.45, 7) is 4.56. The van der Waals surface area contributed by atoms with Crippen LogP contribution >= 0.6 is 0 Å². The number of hydrogen-bond acceptors (Lipinski definition) is 6. The van der Waals surface area contributed by atoms with E-state index >= 15 is 0 Å². The monoisotopic (exact) mass is 350 g/mol. The van der Waals surface area contributed by atoms with E-state index in [1.807, 2.05) is 0 Å². The second-order valence-electron chi connectivity index (χ2n) is 4.28. The van der Waals surface area contributed by atoms with Crippen molar-refractivity contribution in [1.82, 2.24) is 0 Å². The van der Waals surface area contributed by atoms with Crippen LogP contribution in [0.3, 0.4) is 0 Å². The zero-order chi connectivity index (χ0) is 16.2. The summed E-state index contributed by atoms with van der Waals surface area (Å²) in [5.74, 6) is 0. The molecule has 0 spiro atoms. The van der Waals surface area contributed by atoms with Crippen LogP contribution in [0.5, 0.6) is 0 Å². The molecule has 0 aromatic carbocycles. The summed E-state index contributed by atoms with van der Waals surface area (Å²) in [5, 5.41) is 29.5. The van der Waals surface area contributed by atoms with Gasteiger partial charge >= 0.3 is 17.1 Å². The molecular formula is C12H26FeN2O6. The molecule has 0 bridgehead atoms. The molecule has 0 fully saturated rings. The van der Waals surface area contributed by atoms with E-state index in [9.17, 15) is 0 Å². The molecule has 21 heavy (non-hydrogen) atoms. The van der Waals surface area contributed by atoms with Crippen molar-refractivity contribution in [3.05, 3.63) is 30.6 Å². The van der Waals surface area contributed by atoms with Crippen LogP contribution in [0, 0.1) is 30.6 Å². The summed E-state index contributed by atoms with van der Waals surface area (Å²) in [7, 11) is 0. The summed E-state index contributed by atoms with van der Waals surface area (Å²) in [6, 6.07) is 0. The zero-order valence-corrected chi connectivity index (χ0v) is 13.9. The van der Waals surface area contributed by atoms with Crippen molar-refractivity contribution in [3.8, 4) is 0 Å². The van der Waals surface area contributed by atoms with E-state index in [0.717, 1.165) is 0 Å². The van der Waals surface area contributed by atoms with Gasteiger partial charge in [0.25, 0.3) is 0 Å². The normalized spacial score (nSPS) is 8.29. The quantitative estimate of drug-likeness (QED) is 0.261. The first kappa shape index (κ1) is 28.1. The predicted octanol–water partition coefficient (Wildman–Crippen LogP) is 4.45. The molecule has 0 heterocycles. The molecule has 0 atom stereocenters. The van der Waals surface area contributed by atoms with Gasteiger partial charge in [0.15, 0.2) is 0 Å². The standard InChI is InChI=1S/C12H26.Fe.2NO3/c1-3-5-7-9-11-12-10-8-6-4-2;;2*2-1(3)4/h3-12H2,1-2H3;;;/q;+2;2*-1. The van der Waals surface area contributed by atoms with Crippen LogP contribution in [0.4, 0.5) is 0 Å². The summed E-state index contributed by atoms with van der Waals surface area (Å²) in [5.41, 5.74) is 0. The predicted molar refractivity (Wildman–Crippen MR) is 78.2 cm³/mol. The molecule has 8 nitrogen and oxygen atoms in total. The van der Waals surface area contributed by atoms with Gasteiger partial charge in [0.2, 0.25) is 0 Å². The Kier molecular flexibility index (Phi) is 36.6. The van der Waals surface area contributed by atoms with Gasteiger partial charge in [-0.05, 0) is 0 Å². The van der Waals surface area contributed by atoms with Gasteiger partial charge in [-0.15, -0.1) is 0 Å². The molecule has 0 saturated carbocycles. The fraction of sp³-hybridized carbons (Fsp3) is 1.00. The van der Waals surface area contributed by atoms with Crippen LogP contribution in [0.1, 0.15) is 78.1 Å². The molecular weight excluding hydrogens is 324 g/mol. The van der Waals surface area contributed by atoms with Gasteiger partial charge in [-0.2, -0.15) is 0 Å². The maximum atomic E-state index is 8.25. The summed E-state index contributed by atoms with van der Waals surface area (Å²) < 4.78 is 0. The largest absolute Gasteiger partial charge is 2.00 e.